The second-order valence-electron chi connectivity index (χ2n) is 4.25. The maximum absolute atomic E-state index is 11.6. The lowest BCUT2D eigenvalue weighted by Crippen LogP contribution is -2.27. The monoisotopic (exact) mass is 240 g/mol. The zero-order valence-electron chi connectivity index (χ0n) is 10.3. The molecule has 0 spiro atoms. The third kappa shape index (κ3) is 4.86. The molecule has 1 aromatic rings. The number of amides is 1. The smallest absolute Gasteiger partial charge is 0.256 e. The molecule has 0 bridgehead atoms. The summed E-state index contributed by atoms with van der Waals surface area (Å²) in [5.74, 6) is 0.683. The zero-order valence-corrected chi connectivity index (χ0v) is 10.3. The number of nitrogen functional groups attached to an aromatic ring is 1. The van der Waals surface area contributed by atoms with Crippen molar-refractivity contribution in [2.24, 2.45) is 5.92 Å². The molecule has 1 amide bonds. The fraction of sp³-hybridized carbons (Fsp3) is 0.636. The van der Waals surface area contributed by atoms with Gasteiger partial charge in [-0.2, -0.15) is 5.10 Å². The van der Waals surface area contributed by atoms with Crippen molar-refractivity contribution in [2.45, 2.75) is 20.3 Å². The van der Waals surface area contributed by atoms with Crippen LogP contribution in [0.1, 0.15) is 30.6 Å². The molecule has 0 aliphatic carbocycles. The Morgan fingerprint density at radius 2 is 2.35 bits per heavy atom. The van der Waals surface area contributed by atoms with E-state index >= 15 is 0 Å². The van der Waals surface area contributed by atoms with Crippen LogP contribution in [0.3, 0.4) is 0 Å². The highest BCUT2D eigenvalue weighted by Crippen LogP contribution is 2.04. The lowest BCUT2D eigenvalue weighted by molar-refractivity contribution is 0.0906. The molecule has 0 saturated heterocycles. The number of carbonyl (C=O) groups excluding carboxylic acids is 1. The predicted molar refractivity (Wildman–Crippen MR) is 65.6 cm³/mol. The van der Waals surface area contributed by atoms with Gasteiger partial charge in [-0.1, -0.05) is 13.8 Å². The van der Waals surface area contributed by atoms with Crippen LogP contribution < -0.4 is 11.1 Å². The molecule has 1 aromatic heterocycles. The predicted octanol–water partition coefficient (Wildman–Crippen LogP) is 0.784. The zero-order chi connectivity index (χ0) is 12.7. The molecule has 0 fully saturated rings. The molecule has 1 heterocycles. The maximum atomic E-state index is 11.6. The summed E-state index contributed by atoms with van der Waals surface area (Å²) >= 11 is 0. The van der Waals surface area contributed by atoms with E-state index in [-0.39, 0.29) is 11.7 Å². The molecule has 6 nitrogen and oxygen atoms in total. The number of hydrogen-bond acceptors (Lipinski definition) is 4. The highest BCUT2D eigenvalue weighted by Gasteiger charge is 2.10. The van der Waals surface area contributed by atoms with Gasteiger partial charge < -0.3 is 15.8 Å². The van der Waals surface area contributed by atoms with E-state index in [0.29, 0.717) is 24.6 Å². The highest BCUT2D eigenvalue weighted by atomic mass is 16.5. The summed E-state index contributed by atoms with van der Waals surface area (Å²) < 4.78 is 5.37. The first kappa shape index (κ1) is 13.5. The van der Waals surface area contributed by atoms with E-state index in [1.807, 2.05) is 0 Å². The molecule has 0 aromatic carbocycles. The van der Waals surface area contributed by atoms with Crippen LogP contribution in [0.25, 0.3) is 0 Å². The van der Waals surface area contributed by atoms with Gasteiger partial charge in [0, 0.05) is 13.2 Å². The van der Waals surface area contributed by atoms with Crippen molar-refractivity contribution < 1.29 is 9.53 Å². The Kier molecular flexibility index (Phi) is 5.48. The molecular formula is C11H20N4O2. The van der Waals surface area contributed by atoms with Gasteiger partial charge in [-0.3, -0.25) is 9.89 Å². The Labute approximate surface area is 101 Å². The minimum atomic E-state index is -0.233. The van der Waals surface area contributed by atoms with E-state index < -0.39 is 0 Å². The van der Waals surface area contributed by atoms with Gasteiger partial charge in [0.05, 0.1) is 12.8 Å². The van der Waals surface area contributed by atoms with Crippen molar-refractivity contribution in [3.63, 3.8) is 0 Å². The van der Waals surface area contributed by atoms with Gasteiger partial charge in [-0.15, -0.1) is 0 Å². The van der Waals surface area contributed by atoms with Gasteiger partial charge in [-0.25, -0.2) is 0 Å². The van der Waals surface area contributed by atoms with Crippen molar-refractivity contribution in [2.75, 3.05) is 25.5 Å². The molecule has 6 heteroatoms. The molecule has 0 unspecified atom stereocenters. The van der Waals surface area contributed by atoms with Gasteiger partial charge in [0.25, 0.3) is 5.91 Å². The molecular weight excluding hydrogens is 220 g/mol. The minimum Gasteiger partial charge on any atom is -0.383 e. The van der Waals surface area contributed by atoms with Crippen LogP contribution in [0.15, 0.2) is 6.20 Å². The van der Waals surface area contributed by atoms with E-state index in [0.717, 1.165) is 13.0 Å². The maximum Gasteiger partial charge on any atom is 0.256 e. The molecule has 17 heavy (non-hydrogen) atoms. The van der Waals surface area contributed by atoms with Crippen molar-refractivity contribution in [1.82, 2.24) is 15.5 Å². The Hall–Kier alpha value is -1.56. The number of ether oxygens (including phenoxy) is 1. The number of carbonyl (C=O) groups is 1. The van der Waals surface area contributed by atoms with Crippen molar-refractivity contribution in [3.05, 3.63) is 11.8 Å². The van der Waals surface area contributed by atoms with Crippen molar-refractivity contribution >= 4 is 11.7 Å². The number of nitrogens with one attached hydrogen (secondary N) is 2. The van der Waals surface area contributed by atoms with Crippen LogP contribution in [-0.4, -0.2) is 35.9 Å². The second kappa shape index (κ2) is 6.90. The summed E-state index contributed by atoms with van der Waals surface area (Å²) in [5, 5.41) is 8.90. The number of rotatable bonds is 7. The Morgan fingerprint density at radius 3 is 2.94 bits per heavy atom. The first-order valence-corrected chi connectivity index (χ1v) is 5.76. The van der Waals surface area contributed by atoms with Gasteiger partial charge in [0.2, 0.25) is 0 Å². The van der Waals surface area contributed by atoms with E-state index in [1.54, 1.807) is 0 Å². The number of aromatic amines is 1. The fourth-order valence-corrected chi connectivity index (χ4v) is 1.23. The first-order chi connectivity index (χ1) is 8.11. The molecule has 0 aliphatic rings. The van der Waals surface area contributed by atoms with Gasteiger partial charge in [0.1, 0.15) is 11.4 Å². The third-order valence-corrected chi connectivity index (χ3v) is 2.28. The summed E-state index contributed by atoms with van der Waals surface area (Å²) in [4.78, 5) is 11.6. The van der Waals surface area contributed by atoms with Crippen LogP contribution in [0, 0.1) is 5.92 Å². The van der Waals surface area contributed by atoms with E-state index in [9.17, 15) is 4.79 Å². The number of H-pyrrole nitrogens is 1. The average molecular weight is 240 g/mol. The molecule has 0 radical (unpaired) electrons. The van der Waals surface area contributed by atoms with Crippen LogP contribution in [-0.2, 0) is 4.74 Å². The topological polar surface area (TPSA) is 93.0 Å². The second-order valence-corrected chi connectivity index (χ2v) is 4.25. The summed E-state index contributed by atoms with van der Waals surface area (Å²) in [6.45, 7) is 6.00. The van der Waals surface area contributed by atoms with Crippen molar-refractivity contribution in [3.8, 4) is 0 Å². The van der Waals surface area contributed by atoms with Gasteiger partial charge in [0.15, 0.2) is 0 Å². The number of aromatic nitrogens is 2. The quantitative estimate of drug-likeness (QED) is 0.614. The molecule has 0 aliphatic heterocycles. The number of anilines is 1. The number of nitrogens with zero attached hydrogens (tertiary/aromatic N) is 1. The van der Waals surface area contributed by atoms with Crippen LogP contribution in [0.5, 0.6) is 0 Å². The van der Waals surface area contributed by atoms with E-state index in [4.69, 9.17) is 10.5 Å². The standard InChI is InChI=1S/C11H20N4O2/c1-8(2)3-5-17-6-4-13-11(16)9-7-14-15-10(9)12/h7-8H,3-6H2,1-2H3,(H,13,16)(H3,12,14,15). The van der Waals surface area contributed by atoms with Gasteiger partial charge in [-0.05, 0) is 12.3 Å². The van der Waals surface area contributed by atoms with Crippen LogP contribution >= 0.6 is 0 Å². The normalized spacial score (nSPS) is 10.8. The lowest BCUT2D eigenvalue weighted by Gasteiger charge is -2.07. The Bertz CT molecular complexity index is 349. The summed E-state index contributed by atoms with van der Waals surface area (Å²) in [6.07, 6.45) is 2.44. The third-order valence-electron chi connectivity index (χ3n) is 2.28. The largest absolute Gasteiger partial charge is 0.383 e. The summed E-state index contributed by atoms with van der Waals surface area (Å²) in [5.41, 5.74) is 5.88. The first-order valence-electron chi connectivity index (χ1n) is 5.76. The molecule has 1 rings (SSSR count). The molecule has 4 N–H and O–H groups in total. The van der Waals surface area contributed by atoms with Crippen molar-refractivity contribution in [1.29, 1.82) is 0 Å². The molecule has 0 atom stereocenters. The average Bonchev–Trinajstić information content (AvgIpc) is 2.69. The number of nitrogens with two attached hydrogens (primary N) is 1. The SMILES string of the molecule is CC(C)CCOCCNC(=O)c1cn[nH]c1N. The van der Waals surface area contributed by atoms with E-state index in [2.05, 4.69) is 29.4 Å². The number of hydrogen-bond donors (Lipinski definition) is 3. The van der Waals surface area contributed by atoms with Crippen LogP contribution in [0.4, 0.5) is 5.82 Å². The molecule has 96 valence electrons. The molecule has 0 saturated carbocycles. The highest BCUT2D eigenvalue weighted by molar-refractivity contribution is 5.98. The van der Waals surface area contributed by atoms with Gasteiger partial charge >= 0.3 is 0 Å². The minimum absolute atomic E-state index is 0.233. The Morgan fingerprint density at radius 1 is 1.59 bits per heavy atom. The van der Waals surface area contributed by atoms with E-state index in [1.165, 1.54) is 6.20 Å². The fourth-order valence-electron chi connectivity index (χ4n) is 1.23. The Balaban J connectivity index is 2.11. The van der Waals surface area contributed by atoms with Crippen LogP contribution in [0.2, 0.25) is 0 Å². The summed E-state index contributed by atoms with van der Waals surface area (Å²) in [7, 11) is 0. The summed E-state index contributed by atoms with van der Waals surface area (Å²) in [6, 6.07) is 0. The lowest BCUT2D eigenvalue weighted by atomic mass is 10.1.